The van der Waals surface area contributed by atoms with Crippen molar-refractivity contribution in [1.82, 2.24) is 9.88 Å². The second-order valence-corrected chi connectivity index (χ2v) is 5.56. The van der Waals surface area contributed by atoms with E-state index in [1.165, 1.54) is 0 Å². The Morgan fingerprint density at radius 1 is 1.26 bits per heavy atom. The van der Waals surface area contributed by atoms with E-state index in [1.54, 1.807) is 0 Å². The van der Waals surface area contributed by atoms with Gasteiger partial charge in [0.25, 0.3) is 0 Å². The van der Waals surface area contributed by atoms with Crippen LogP contribution in [0.2, 0.25) is 0 Å². The lowest BCUT2D eigenvalue weighted by Gasteiger charge is -2.32. The van der Waals surface area contributed by atoms with Crippen molar-refractivity contribution in [2.24, 2.45) is 4.99 Å². The third-order valence-electron chi connectivity index (χ3n) is 4.20. The van der Waals surface area contributed by atoms with Crippen LogP contribution >= 0.6 is 0 Å². The number of anilines is 1. The highest BCUT2D eigenvalue weighted by atomic mass is 16.5. The normalized spacial score (nSPS) is 17.0. The number of benzene rings is 1. The largest absolute Gasteiger partial charge is 0.378 e. The second kappa shape index (κ2) is 5.78. The van der Waals surface area contributed by atoms with Crippen LogP contribution in [0.4, 0.5) is 5.82 Å². The summed E-state index contributed by atoms with van der Waals surface area (Å²) in [5.74, 6) is 1.99. The molecule has 0 amide bonds. The van der Waals surface area contributed by atoms with E-state index < -0.39 is 0 Å². The van der Waals surface area contributed by atoms with Crippen LogP contribution in [0.15, 0.2) is 35.5 Å². The number of aliphatic imine (C=N–C) groups is 1. The van der Waals surface area contributed by atoms with Crippen molar-refractivity contribution in [3.8, 4) is 17.2 Å². The predicted octanol–water partition coefficient (Wildman–Crippen LogP) is 2.02. The summed E-state index contributed by atoms with van der Waals surface area (Å²) < 4.78 is 5.45. The van der Waals surface area contributed by atoms with Gasteiger partial charge in [-0.15, -0.1) is 0 Å². The lowest BCUT2D eigenvalue weighted by Crippen LogP contribution is -2.42. The summed E-state index contributed by atoms with van der Waals surface area (Å²) in [7, 11) is 0. The Morgan fingerprint density at radius 2 is 2.13 bits per heavy atom. The number of aromatic amines is 1. The molecular weight excluding hydrogens is 290 g/mol. The van der Waals surface area contributed by atoms with Crippen molar-refractivity contribution in [2.45, 2.75) is 0 Å². The van der Waals surface area contributed by atoms with E-state index in [9.17, 15) is 0 Å². The summed E-state index contributed by atoms with van der Waals surface area (Å²) in [4.78, 5) is 10.3. The smallest absolute Gasteiger partial charge is 0.137 e. The molecule has 1 aromatic heterocycles. The standard InChI is InChI=1S/C17H17N5O/c18-9-12-2-1-3-13(8-12)14-10-19-16-15(14)17(21-11-20-16)22-4-6-23-7-5-22/h1-3,8,10,19-20H,4-7,11H2. The minimum Gasteiger partial charge on any atom is -0.378 e. The first-order valence-corrected chi connectivity index (χ1v) is 7.70. The first kappa shape index (κ1) is 13.9. The molecule has 2 N–H and O–H groups in total. The lowest BCUT2D eigenvalue weighted by atomic mass is 10.0. The maximum absolute atomic E-state index is 9.14. The van der Waals surface area contributed by atoms with Crippen LogP contribution in [0.25, 0.3) is 11.1 Å². The van der Waals surface area contributed by atoms with Gasteiger partial charge in [-0.05, 0) is 17.7 Å². The van der Waals surface area contributed by atoms with E-state index in [0.717, 1.165) is 54.6 Å². The van der Waals surface area contributed by atoms with Crippen LogP contribution < -0.4 is 5.32 Å². The topological polar surface area (TPSA) is 76.4 Å². The van der Waals surface area contributed by atoms with Gasteiger partial charge in [-0.1, -0.05) is 12.1 Å². The molecule has 0 spiro atoms. The molecular formula is C17H17N5O. The molecule has 6 heteroatoms. The molecule has 0 saturated carbocycles. The molecule has 0 bridgehead atoms. The van der Waals surface area contributed by atoms with Gasteiger partial charge < -0.3 is 19.9 Å². The molecule has 23 heavy (non-hydrogen) atoms. The van der Waals surface area contributed by atoms with Gasteiger partial charge in [-0.3, -0.25) is 0 Å². The summed E-state index contributed by atoms with van der Waals surface area (Å²) in [5, 5.41) is 12.4. The van der Waals surface area contributed by atoms with Crippen molar-refractivity contribution in [2.75, 3.05) is 38.3 Å². The number of hydrogen-bond donors (Lipinski definition) is 2. The Kier molecular flexibility index (Phi) is 3.48. The number of nitrogens with one attached hydrogen (secondary N) is 2. The third kappa shape index (κ3) is 2.45. The van der Waals surface area contributed by atoms with Gasteiger partial charge in [0.05, 0.1) is 30.4 Å². The van der Waals surface area contributed by atoms with E-state index in [-0.39, 0.29) is 0 Å². The number of hydrogen-bond acceptors (Lipinski definition) is 5. The third-order valence-corrected chi connectivity index (χ3v) is 4.20. The minimum absolute atomic E-state index is 0.567. The number of aromatic nitrogens is 1. The van der Waals surface area contributed by atoms with Gasteiger partial charge >= 0.3 is 0 Å². The molecule has 2 aliphatic heterocycles. The molecule has 4 rings (SSSR count). The zero-order valence-electron chi connectivity index (χ0n) is 12.7. The molecule has 1 aromatic carbocycles. The highest BCUT2D eigenvalue weighted by molar-refractivity contribution is 6.09. The number of nitriles is 1. The maximum atomic E-state index is 9.14. The number of fused-ring (bicyclic) bond motifs is 1. The van der Waals surface area contributed by atoms with Crippen LogP contribution in [0.1, 0.15) is 11.1 Å². The van der Waals surface area contributed by atoms with E-state index in [4.69, 9.17) is 10.00 Å². The fourth-order valence-corrected chi connectivity index (χ4v) is 3.08. The SMILES string of the molecule is N#Cc1cccc(-c2c[nH]c3c2C(N2CCOCC2)=NCN3)c1. The number of amidine groups is 1. The monoisotopic (exact) mass is 307 g/mol. The fourth-order valence-electron chi connectivity index (χ4n) is 3.08. The highest BCUT2D eigenvalue weighted by Crippen LogP contribution is 2.33. The molecule has 0 radical (unpaired) electrons. The Labute approximate surface area is 134 Å². The molecule has 0 unspecified atom stereocenters. The van der Waals surface area contributed by atoms with Crippen LogP contribution in [0, 0.1) is 11.3 Å². The fraction of sp³-hybridized carbons (Fsp3) is 0.294. The van der Waals surface area contributed by atoms with Gasteiger partial charge in [0, 0.05) is 24.8 Å². The molecule has 6 nitrogen and oxygen atoms in total. The van der Waals surface area contributed by atoms with Crippen molar-refractivity contribution >= 4 is 11.7 Å². The molecule has 3 heterocycles. The van der Waals surface area contributed by atoms with Gasteiger partial charge in [-0.2, -0.15) is 5.26 Å². The van der Waals surface area contributed by atoms with Crippen LogP contribution in [-0.2, 0) is 4.74 Å². The van der Waals surface area contributed by atoms with Crippen molar-refractivity contribution in [1.29, 1.82) is 5.26 Å². The van der Waals surface area contributed by atoms with Crippen molar-refractivity contribution in [3.63, 3.8) is 0 Å². The number of nitrogens with zero attached hydrogens (tertiary/aromatic N) is 3. The minimum atomic E-state index is 0.567. The maximum Gasteiger partial charge on any atom is 0.137 e. The van der Waals surface area contributed by atoms with Gasteiger partial charge in [0.15, 0.2) is 0 Å². The van der Waals surface area contributed by atoms with Gasteiger partial charge in [-0.25, -0.2) is 4.99 Å². The van der Waals surface area contributed by atoms with Gasteiger partial charge in [0.2, 0.25) is 0 Å². The molecule has 1 fully saturated rings. The average Bonchev–Trinajstić information content (AvgIpc) is 3.07. The molecule has 2 aliphatic rings. The molecule has 2 aromatic rings. The van der Waals surface area contributed by atoms with E-state index in [2.05, 4.69) is 26.3 Å². The van der Waals surface area contributed by atoms with Crippen molar-refractivity contribution in [3.05, 3.63) is 41.6 Å². The van der Waals surface area contributed by atoms with E-state index in [0.29, 0.717) is 12.2 Å². The second-order valence-electron chi connectivity index (χ2n) is 5.56. The van der Waals surface area contributed by atoms with E-state index >= 15 is 0 Å². The lowest BCUT2D eigenvalue weighted by molar-refractivity contribution is 0.0682. The number of H-pyrrole nitrogens is 1. The summed E-state index contributed by atoms with van der Waals surface area (Å²) in [5.41, 5.74) is 3.82. The first-order valence-electron chi connectivity index (χ1n) is 7.70. The Bertz CT molecular complexity index is 796. The van der Waals surface area contributed by atoms with Gasteiger partial charge in [0.1, 0.15) is 18.3 Å². The first-order chi connectivity index (χ1) is 11.4. The van der Waals surface area contributed by atoms with Crippen LogP contribution in [-0.4, -0.2) is 48.7 Å². The summed E-state index contributed by atoms with van der Waals surface area (Å²) in [6, 6.07) is 9.87. The zero-order chi connectivity index (χ0) is 15.6. The Morgan fingerprint density at radius 3 is 2.96 bits per heavy atom. The summed E-state index contributed by atoms with van der Waals surface area (Å²) in [6.07, 6.45) is 1.98. The molecule has 1 saturated heterocycles. The Hall–Kier alpha value is -2.78. The predicted molar refractivity (Wildman–Crippen MR) is 88.4 cm³/mol. The average molecular weight is 307 g/mol. The van der Waals surface area contributed by atoms with E-state index in [1.807, 2.05) is 30.5 Å². The van der Waals surface area contributed by atoms with Crippen LogP contribution in [0.3, 0.4) is 0 Å². The summed E-state index contributed by atoms with van der Waals surface area (Å²) >= 11 is 0. The summed E-state index contributed by atoms with van der Waals surface area (Å²) in [6.45, 7) is 3.72. The highest BCUT2D eigenvalue weighted by Gasteiger charge is 2.26. The number of morpholine rings is 1. The number of rotatable bonds is 1. The molecule has 0 aliphatic carbocycles. The zero-order valence-corrected chi connectivity index (χ0v) is 12.7. The quantitative estimate of drug-likeness (QED) is 0.845. The number of ether oxygens (including phenoxy) is 1. The Balaban J connectivity index is 1.78. The van der Waals surface area contributed by atoms with Crippen LogP contribution in [0.5, 0.6) is 0 Å². The van der Waals surface area contributed by atoms with Crippen molar-refractivity contribution < 1.29 is 4.74 Å². The molecule has 116 valence electrons. The molecule has 0 atom stereocenters.